The zero-order valence-corrected chi connectivity index (χ0v) is 21.0. The topological polar surface area (TPSA) is 62.7 Å². The van der Waals surface area contributed by atoms with E-state index in [4.69, 9.17) is 4.74 Å². The molecule has 0 spiro atoms. The molecule has 0 amide bonds. The van der Waals surface area contributed by atoms with E-state index in [0.29, 0.717) is 17.8 Å². The number of guanidine groups is 1. The van der Waals surface area contributed by atoms with Crippen LogP contribution < -0.4 is 15.4 Å². The van der Waals surface area contributed by atoms with E-state index in [1.165, 1.54) is 0 Å². The summed E-state index contributed by atoms with van der Waals surface area (Å²) in [5, 5.41) is 7.13. The highest BCUT2D eigenvalue weighted by Gasteiger charge is 2.26. The molecule has 1 aliphatic rings. The number of halogens is 2. The first-order chi connectivity index (χ1) is 12.5. The Hall–Kier alpha value is -0.350. The summed E-state index contributed by atoms with van der Waals surface area (Å²) >= 11 is 3.50. The van der Waals surface area contributed by atoms with Crippen molar-refractivity contribution in [1.82, 2.24) is 10.6 Å². The highest BCUT2D eigenvalue weighted by molar-refractivity contribution is 14.0. The zero-order valence-electron chi connectivity index (χ0n) is 16.2. The van der Waals surface area contributed by atoms with E-state index in [2.05, 4.69) is 31.6 Å². The lowest BCUT2D eigenvalue weighted by molar-refractivity contribution is 0.222. The number of benzene rings is 1. The molecule has 4 atom stereocenters. The molecular weight excluding hydrogens is 541 g/mol. The van der Waals surface area contributed by atoms with Crippen molar-refractivity contribution in [2.24, 2.45) is 4.99 Å². The van der Waals surface area contributed by atoms with Crippen LogP contribution in [0.1, 0.15) is 39.5 Å². The molecule has 0 radical (unpaired) electrons. The lowest BCUT2D eigenvalue weighted by atomic mass is 9.95. The van der Waals surface area contributed by atoms with Crippen molar-refractivity contribution < 1.29 is 8.95 Å². The Labute approximate surface area is 191 Å². The summed E-state index contributed by atoms with van der Waals surface area (Å²) in [6.07, 6.45) is 4.23. The minimum atomic E-state index is -0.712. The summed E-state index contributed by atoms with van der Waals surface area (Å²) in [6, 6.07) is 8.17. The van der Waals surface area contributed by atoms with Crippen LogP contribution in [0, 0.1) is 0 Å². The van der Waals surface area contributed by atoms with Gasteiger partial charge in [-0.05, 0) is 54.2 Å². The van der Waals surface area contributed by atoms with Gasteiger partial charge in [0, 0.05) is 34.9 Å². The van der Waals surface area contributed by atoms with E-state index in [0.717, 1.165) is 47.6 Å². The molecule has 0 bridgehead atoms. The second kappa shape index (κ2) is 13.0. The molecule has 1 aromatic rings. The number of ether oxygens (including phenoxy) is 1. The van der Waals surface area contributed by atoms with Crippen molar-refractivity contribution >= 4 is 56.7 Å². The summed E-state index contributed by atoms with van der Waals surface area (Å²) in [7, 11) is 1.07. The van der Waals surface area contributed by atoms with Crippen LogP contribution in [-0.2, 0) is 10.8 Å². The quantitative estimate of drug-likeness (QED) is 0.294. The van der Waals surface area contributed by atoms with Crippen molar-refractivity contribution in [3.63, 3.8) is 0 Å². The van der Waals surface area contributed by atoms with Crippen LogP contribution in [0.4, 0.5) is 0 Å². The predicted molar refractivity (Wildman–Crippen MR) is 129 cm³/mol. The molecule has 27 heavy (non-hydrogen) atoms. The molecule has 4 unspecified atom stereocenters. The van der Waals surface area contributed by atoms with Crippen LogP contribution in [0.5, 0.6) is 5.75 Å². The van der Waals surface area contributed by atoms with E-state index in [-0.39, 0.29) is 30.1 Å². The lowest BCUT2D eigenvalue weighted by Gasteiger charge is -2.30. The minimum Gasteiger partial charge on any atom is -0.488 e. The van der Waals surface area contributed by atoms with Gasteiger partial charge in [-0.1, -0.05) is 25.5 Å². The van der Waals surface area contributed by atoms with Crippen LogP contribution in [0.3, 0.4) is 0 Å². The van der Waals surface area contributed by atoms with E-state index in [1.807, 2.05) is 38.1 Å². The third-order valence-corrected chi connectivity index (χ3v) is 6.96. The molecule has 0 saturated heterocycles. The van der Waals surface area contributed by atoms with Crippen LogP contribution in [0.15, 0.2) is 33.7 Å². The van der Waals surface area contributed by atoms with E-state index >= 15 is 0 Å². The van der Waals surface area contributed by atoms with Crippen LogP contribution in [0.25, 0.3) is 0 Å². The molecule has 1 aliphatic carbocycles. The molecule has 0 aliphatic heterocycles. The smallest absolute Gasteiger partial charge is 0.191 e. The van der Waals surface area contributed by atoms with Gasteiger partial charge in [0.1, 0.15) is 11.9 Å². The number of hydrogen-bond donors (Lipinski definition) is 2. The summed E-state index contributed by atoms with van der Waals surface area (Å²) in [6.45, 7) is 4.68. The molecular formula is C19H31BrIN3O2S. The Morgan fingerprint density at radius 3 is 2.81 bits per heavy atom. The number of nitrogens with one attached hydrogen (secondary N) is 2. The first-order valence-corrected chi connectivity index (χ1v) is 11.5. The fourth-order valence-corrected chi connectivity index (χ4v) is 4.90. The van der Waals surface area contributed by atoms with Gasteiger partial charge < -0.3 is 15.4 Å². The van der Waals surface area contributed by atoms with Crippen LogP contribution in [0.2, 0.25) is 0 Å². The van der Waals surface area contributed by atoms with E-state index < -0.39 is 10.8 Å². The van der Waals surface area contributed by atoms with Crippen molar-refractivity contribution in [1.29, 1.82) is 0 Å². The molecule has 0 heterocycles. The highest BCUT2D eigenvalue weighted by atomic mass is 127. The Bertz CT molecular complexity index is 633. The Balaban J connectivity index is 0.00000364. The Kier molecular flexibility index (Phi) is 11.9. The molecule has 154 valence electrons. The maximum Gasteiger partial charge on any atom is 0.191 e. The average Bonchev–Trinajstić information content (AvgIpc) is 2.66. The van der Waals surface area contributed by atoms with Gasteiger partial charge in [0.2, 0.25) is 0 Å². The van der Waals surface area contributed by atoms with Gasteiger partial charge in [-0.15, -0.1) is 24.0 Å². The van der Waals surface area contributed by atoms with Gasteiger partial charge in [0.15, 0.2) is 5.96 Å². The molecule has 1 aromatic carbocycles. The van der Waals surface area contributed by atoms with Gasteiger partial charge in [0.25, 0.3) is 0 Å². The third kappa shape index (κ3) is 8.27. The minimum absolute atomic E-state index is 0. The van der Waals surface area contributed by atoms with Gasteiger partial charge in [-0.2, -0.15) is 0 Å². The Morgan fingerprint density at radius 2 is 2.15 bits per heavy atom. The number of nitrogens with zero attached hydrogens (tertiary/aromatic N) is 1. The largest absolute Gasteiger partial charge is 0.488 e. The average molecular weight is 572 g/mol. The fourth-order valence-electron chi connectivity index (χ4n) is 3.18. The van der Waals surface area contributed by atoms with Gasteiger partial charge >= 0.3 is 0 Å². The lowest BCUT2D eigenvalue weighted by Crippen LogP contribution is -2.48. The van der Waals surface area contributed by atoms with Gasteiger partial charge in [0.05, 0.1) is 11.0 Å². The molecule has 2 rings (SSSR count). The maximum atomic E-state index is 12.1. The molecule has 5 nitrogen and oxygen atoms in total. The van der Waals surface area contributed by atoms with Crippen molar-refractivity contribution in [2.75, 3.05) is 19.3 Å². The number of rotatable bonds is 7. The SMILES string of the molecule is CCS(=O)C1CCCC(NC(=NC)NCC(C)Oc2ccccc2Br)C1.I. The second-order valence-electron chi connectivity index (χ2n) is 6.61. The standard InChI is InChI=1S/C19H30BrN3O2S.HI/c1-4-26(24)16-9-7-8-15(12-16)23-19(21-3)22-13-14(2)25-18-11-6-5-10-17(18)20;/h5-6,10-11,14-16H,4,7-9,12-13H2,1-3H3,(H2,21,22,23);1H. The molecule has 0 aromatic heterocycles. The highest BCUT2D eigenvalue weighted by Crippen LogP contribution is 2.25. The normalized spacial score (nSPS) is 22.3. The summed E-state index contributed by atoms with van der Waals surface area (Å²) < 4.78 is 19.0. The number of para-hydroxylation sites is 1. The monoisotopic (exact) mass is 571 g/mol. The summed E-state index contributed by atoms with van der Waals surface area (Å²) in [4.78, 5) is 4.32. The number of aliphatic imine (C=N–C) groups is 1. The predicted octanol–water partition coefficient (Wildman–Crippen LogP) is 4.08. The third-order valence-electron chi connectivity index (χ3n) is 4.57. The molecule has 2 N–H and O–H groups in total. The van der Waals surface area contributed by atoms with Gasteiger partial charge in [-0.25, -0.2) is 0 Å². The molecule has 8 heteroatoms. The zero-order chi connectivity index (χ0) is 18.9. The van der Waals surface area contributed by atoms with E-state index in [1.54, 1.807) is 7.05 Å². The molecule has 1 saturated carbocycles. The fraction of sp³-hybridized carbons (Fsp3) is 0.632. The Morgan fingerprint density at radius 1 is 1.41 bits per heavy atom. The second-order valence-corrected chi connectivity index (χ2v) is 9.47. The van der Waals surface area contributed by atoms with E-state index in [9.17, 15) is 4.21 Å². The van der Waals surface area contributed by atoms with Crippen LogP contribution in [-0.4, -0.2) is 46.9 Å². The summed E-state index contributed by atoms with van der Waals surface area (Å²) in [5.41, 5.74) is 0. The first kappa shape index (κ1) is 24.7. The van der Waals surface area contributed by atoms with Crippen molar-refractivity contribution in [3.8, 4) is 5.75 Å². The number of hydrogen-bond acceptors (Lipinski definition) is 3. The maximum absolute atomic E-state index is 12.1. The van der Waals surface area contributed by atoms with Crippen LogP contribution >= 0.6 is 39.9 Å². The molecule has 1 fully saturated rings. The van der Waals surface area contributed by atoms with Crippen molar-refractivity contribution in [2.45, 2.75) is 56.9 Å². The summed E-state index contributed by atoms with van der Waals surface area (Å²) in [5.74, 6) is 2.36. The first-order valence-electron chi connectivity index (χ1n) is 9.29. The van der Waals surface area contributed by atoms with Gasteiger partial charge in [-0.3, -0.25) is 9.20 Å². The van der Waals surface area contributed by atoms with Crippen molar-refractivity contribution in [3.05, 3.63) is 28.7 Å².